The van der Waals surface area contributed by atoms with Gasteiger partial charge in [0.05, 0.1) is 12.1 Å². The summed E-state index contributed by atoms with van der Waals surface area (Å²) in [5.41, 5.74) is 0.840. The molecule has 0 bridgehead atoms. The second kappa shape index (κ2) is 3.44. The molecule has 0 spiro atoms. The van der Waals surface area contributed by atoms with Crippen LogP contribution < -0.4 is 0 Å². The molecule has 0 aliphatic carbocycles. The second-order valence-corrected chi connectivity index (χ2v) is 2.89. The molecule has 2 rings (SSSR count). The number of hydrogen-bond donors (Lipinski definition) is 1. The highest BCUT2D eigenvalue weighted by Crippen LogP contribution is 2.19. The number of nitrogens with zero attached hydrogens (tertiary/aromatic N) is 1. The number of benzene rings is 1. The highest BCUT2D eigenvalue weighted by molar-refractivity contribution is 5.80. The summed E-state index contributed by atoms with van der Waals surface area (Å²) in [6, 6.07) is 5.18. The molecule has 0 atom stereocenters. The van der Waals surface area contributed by atoms with Crippen LogP contribution in [0.1, 0.15) is 5.56 Å². The summed E-state index contributed by atoms with van der Waals surface area (Å²) in [6.07, 6.45) is 3.05. The Kier molecular flexibility index (Phi) is 2.13. The number of H-pyrrole nitrogens is 1. The minimum atomic E-state index is -0.355. The van der Waals surface area contributed by atoms with Gasteiger partial charge in [-0.3, -0.25) is 0 Å². The quantitative estimate of drug-likeness (QED) is 0.572. The first kappa shape index (κ1) is 8.66. The molecule has 4 heteroatoms. The summed E-state index contributed by atoms with van der Waals surface area (Å²) >= 11 is 0. The normalized spacial score (nSPS) is 10.1. The first-order chi connectivity index (χ1) is 6.83. The summed E-state index contributed by atoms with van der Waals surface area (Å²) in [6.45, 7) is 0.0320. The van der Waals surface area contributed by atoms with Crippen LogP contribution in [-0.4, -0.2) is 11.1 Å². The van der Waals surface area contributed by atoms with Crippen molar-refractivity contribution in [1.29, 1.82) is 0 Å². The van der Waals surface area contributed by atoms with E-state index in [4.69, 9.17) is 0 Å². The van der Waals surface area contributed by atoms with E-state index in [1.807, 2.05) is 0 Å². The number of fused-ring (bicyclic) bond motifs is 1. The van der Waals surface area contributed by atoms with Crippen LogP contribution >= 0.6 is 0 Å². The van der Waals surface area contributed by atoms with E-state index in [-0.39, 0.29) is 12.4 Å². The molecule has 70 valence electrons. The van der Waals surface area contributed by atoms with Crippen molar-refractivity contribution in [3.05, 3.63) is 35.8 Å². The summed E-state index contributed by atoms with van der Waals surface area (Å²) in [5.74, 6) is -0.355. The maximum Gasteiger partial charge on any atom is 0.235 e. The minimum Gasteiger partial charge on any atom is -0.359 e. The van der Waals surface area contributed by atoms with Crippen molar-refractivity contribution in [1.82, 2.24) is 4.98 Å². The fraction of sp³-hybridized carbons (Fsp3) is 0.100. The fourth-order valence-corrected chi connectivity index (χ4v) is 1.37. The number of halogens is 1. The Morgan fingerprint density at radius 3 is 3.07 bits per heavy atom. The van der Waals surface area contributed by atoms with Gasteiger partial charge in [0.2, 0.25) is 6.08 Å². The predicted molar refractivity (Wildman–Crippen MR) is 50.1 cm³/mol. The van der Waals surface area contributed by atoms with Gasteiger partial charge >= 0.3 is 0 Å². The number of aromatic nitrogens is 1. The largest absolute Gasteiger partial charge is 0.359 e. The fourth-order valence-electron chi connectivity index (χ4n) is 1.37. The average Bonchev–Trinajstić information content (AvgIpc) is 2.66. The van der Waals surface area contributed by atoms with Crippen LogP contribution in [0.15, 0.2) is 29.4 Å². The molecule has 0 saturated carbocycles. The van der Waals surface area contributed by atoms with Crippen LogP contribution in [-0.2, 0) is 11.3 Å². The number of nitrogens with one attached hydrogen (secondary N) is 1. The molecule has 1 aromatic heterocycles. The third kappa shape index (κ3) is 1.32. The van der Waals surface area contributed by atoms with Crippen molar-refractivity contribution in [2.24, 2.45) is 4.99 Å². The smallest absolute Gasteiger partial charge is 0.235 e. The molecule has 14 heavy (non-hydrogen) atoms. The average molecular weight is 190 g/mol. The molecule has 0 aliphatic rings. The Bertz CT molecular complexity index is 512. The second-order valence-electron chi connectivity index (χ2n) is 2.89. The number of hydrogen-bond acceptors (Lipinski definition) is 2. The lowest BCUT2D eigenvalue weighted by atomic mass is 10.1. The summed E-state index contributed by atoms with van der Waals surface area (Å²) in [7, 11) is 0. The number of aliphatic imine (C=N–C) groups is 1. The standard InChI is InChI=1S/C10H7FN2O/c11-9-8(5-12-6-14)2-1-7-3-4-13-10(7)9/h1-4,13H,5H2. The minimum absolute atomic E-state index is 0.0320. The van der Waals surface area contributed by atoms with E-state index in [9.17, 15) is 9.18 Å². The van der Waals surface area contributed by atoms with E-state index in [0.717, 1.165) is 5.39 Å². The molecule has 2 aromatic rings. The van der Waals surface area contributed by atoms with Crippen LogP contribution in [0.2, 0.25) is 0 Å². The van der Waals surface area contributed by atoms with Gasteiger partial charge < -0.3 is 4.98 Å². The maximum atomic E-state index is 13.6. The Balaban J connectivity index is 2.55. The van der Waals surface area contributed by atoms with Crippen molar-refractivity contribution in [2.75, 3.05) is 0 Å². The summed E-state index contributed by atoms with van der Waals surface area (Å²) < 4.78 is 13.6. The summed E-state index contributed by atoms with van der Waals surface area (Å²) in [5, 5.41) is 0.807. The molecule has 1 heterocycles. The molecule has 0 amide bonds. The van der Waals surface area contributed by atoms with Gasteiger partial charge in [0.15, 0.2) is 5.82 Å². The van der Waals surface area contributed by atoms with E-state index in [1.165, 1.54) is 6.08 Å². The highest BCUT2D eigenvalue weighted by Gasteiger charge is 2.06. The van der Waals surface area contributed by atoms with Crippen molar-refractivity contribution < 1.29 is 9.18 Å². The number of isocyanates is 1. The lowest BCUT2D eigenvalue weighted by Crippen LogP contribution is -1.89. The predicted octanol–water partition coefficient (Wildman–Crippen LogP) is 2.14. The zero-order chi connectivity index (χ0) is 9.97. The van der Waals surface area contributed by atoms with Crippen molar-refractivity contribution in [3.63, 3.8) is 0 Å². The monoisotopic (exact) mass is 190 g/mol. The zero-order valence-electron chi connectivity index (χ0n) is 7.25. The maximum absolute atomic E-state index is 13.6. The lowest BCUT2D eigenvalue weighted by molar-refractivity contribution is 0.562. The topological polar surface area (TPSA) is 45.2 Å². The third-order valence-electron chi connectivity index (χ3n) is 2.06. The van der Waals surface area contributed by atoms with E-state index < -0.39 is 0 Å². The molecule has 0 saturated heterocycles. The molecular formula is C10H7FN2O. The van der Waals surface area contributed by atoms with Gasteiger partial charge in [-0.15, -0.1) is 0 Å². The van der Waals surface area contributed by atoms with E-state index >= 15 is 0 Å². The Morgan fingerprint density at radius 1 is 1.43 bits per heavy atom. The Labute approximate surface area is 79.3 Å². The van der Waals surface area contributed by atoms with Crippen molar-refractivity contribution >= 4 is 17.0 Å². The first-order valence-corrected chi connectivity index (χ1v) is 4.11. The van der Waals surface area contributed by atoms with Crippen LogP contribution in [0.4, 0.5) is 4.39 Å². The Hall–Kier alpha value is -1.93. The van der Waals surface area contributed by atoms with Crippen molar-refractivity contribution in [3.8, 4) is 0 Å². The molecule has 0 unspecified atom stereocenters. The molecule has 1 N–H and O–H groups in total. The molecule has 1 aromatic carbocycles. The Morgan fingerprint density at radius 2 is 2.29 bits per heavy atom. The van der Waals surface area contributed by atoms with Gasteiger partial charge in [-0.25, -0.2) is 14.2 Å². The molecule has 3 nitrogen and oxygen atoms in total. The molecule has 0 radical (unpaired) electrons. The van der Waals surface area contributed by atoms with Crippen LogP contribution in [0.5, 0.6) is 0 Å². The highest BCUT2D eigenvalue weighted by atomic mass is 19.1. The van der Waals surface area contributed by atoms with Crippen LogP contribution in [0.3, 0.4) is 0 Å². The van der Waals surface area contributed by atoms with Gasteiger partial charge in [-0.2, -0.15) is 0 Å². The van der Waals surface area contributed by atoms with E-state index in [0.29, 0.717) is 11.1 Å². The SMILES string of the molecule is O=C=NCc1ccc2cc[nH]c2c1F. The van der Waals surface area contributed by atoms with E-state index in [2.05, 4.69) is 9.98 Å². The zero-order valence-corrected chi connectivity index (χ0v) is 7.25. The van der Waals surface area contributed by atoms with Crippen LogP contribution in [0, 0.1) is 5.82 Å². The molecule has 0 fully saturated rings. The lowest BCUT2D eigenvalue weighted by Gasteiger charge is -1.99. The third-order valence-corrected chi connectivity index (χ3v) is 2.06. The number of carbonyl (C=O) groups excluding carboxylic acids is 1. The van der Waals surface area contributed by atoms with Gasteiger partial charge in [-0.05, 0) is 6.07 Å². The van der Waals surface area contributed by atoms with Gasteiger partial charge in [0, 0.05) is 17.1 Å². The summed E-state index contributed by atoms with van der Waals surface area (Å²) in [4.78, 5) is 16.0. The molecule has 0 aliphatic heterocycles. The van der Waals surface area contributed by atoms with Crippen molar-refractivity contribution in [2.45, 2.75) is 6.54 Å². The van der Waals surface area contributed by atoms with Gasteiger partial charge in [-0.1, -0.05) is 12.1 Å². The molecular weight excluding hydrogens is 183 g/mol. The first-order valence-electron chi connectivity index (χ1n) is 4.11. The number of rotatable bonds is 2. The van der Waals surface area contributed by atoms with E-state index in [1.54, 1.807) is 24.4 Å². The van der Waals surface area contributed by atoms with Crippen LogP contribution in [0.25, 0.3) is 10.9 Å². The number of aromatic amines is 1. The van der Waals surface area contributed by atoms with Gasteiger partial charge in [0.1, 0.15) is 0 Å². The van der Waals surface area contributed by atoms with Gasteiger partial charge in [0.25, 0.3) is 0 Å².